The number of hydrogen-bond acceptors (Lipinski definition) is 6. The van der Waals surface area contributed by atoms with Gasteiger partial charge >= 0.3 is 0 Å². The molecule has 1 fully saturated rings. The van der Waals surface area contributed by atoms with E-state index >= 15 is 0 Å². The van der Waals surface area contributed by atoms with Crippen LogP contribution >= 0.6 is 0 Å². The number of carbonyl (C=O) groups is 1. The van der Waals surface area contributed by atoms with Crippen LogP contribution in [0.15, 0.2) is 24.4 Å². The van der Waals surface area contributed by atoms with Crippen LogP contribution in [0.4, 0.5) is 17.5 Å². The van der Waals surface area contributed by atoms with Gasteiger partial charge in [0.1, 0.15) is 0 Å². The molecular weight excluding hydrogens is 328 g/mol. The van der Waals surface area contributed by atoms with Gasteiger partial charge in [-0.3, -0.25) is 4.79 Å². The molecule has 1 aromatic carbocycles. The van der Waals surface area contributed by atoms with Crippen LogP contribution in [0.25, 0.3) is 0 Å². The third kappa shape index (κ3) is 3.92. The van der Waals surface area contributed by atoms with Crippen molar-refractivity contribution in [3.05, 3.63) is 35.5 Å². The second kappa shape index (κ2) is 8.12. The zero-order valence-electron chi connectivity index (χ0n) is 15.7. The highest BCUT2D eigenvalue weighted by Crippen LogP contribution is 2.25. The van der Waals surface area contributed by atoms with Crippen molar-refractivity contribution in [2.24, 2.45) is 0 Å². The van der Waals surface area contributed by atoms with Gasteiger partial charge in [0.2, 0.25) is 11.9 Å². The summed E-state index contributed by atoms with van der Waals surface area (Å²) in [4.78, 5) is 20.1. The van der Waals surface area contributed by atoms with Crippen LogP contribution in [-0.4, -0.2) is 52.2 Å². The molecule has 1 N–H and O–H groups in total. The molecule has 3 rings (SSSR count). The van der Waals surface area contributed by atoms with Crippen LogP contribution in [0, 0.1) is 0 Å². The van der Waals surface area contributed by atoms with E-state index in [0.29, 0.717) is 19.0 Å². The number of amides is 1. The first-order valence-corrected chi connectivity index (χ1v) is 9.20. The third-order valence-corrected chi connectivity index (χ3v) is 4.83. The molecule has 138 valence electrons. The molecule has 26 heavy (non-hydrogen) atoms. The van der Waals surface area contributed by atoms with Gasteiger partial charge in [-0.2, -0.15) is 10.1 Å². The van der Waals surface area contributed by atoms with Crippen molar-refractivity contribution < 1.29 is 4.79 Å². The quantitative estimate of drug-likeness (QED) is 0.889. The Morgan fingerprint density at radius 3 is 2.35 bits per heavy atom. The number of anilines is 3. The summed E-state index contributed by atoms with van der Waals surface area (Å²) < 4.78 is 0. The van der Waals surface area contributed by atoms with Gasteiger partial charge in [0.15, 0.2) is 5.82 Å². The van der Waals surface area contributed by atoms with E-state index in [4.69, 9.17) is 0 Å². The van der Waals surface area contributed by atoms with Crippen molar-refractivity contribution in [2.45, 2.75) is 33.6 Å². The number of aromatic nitrogens is 3. The summed E-state index contributed by atoms with van der Waals surface area (Å²) >= 11 is 0. The molecule has 0 spiro atoms. The zero-order chi connectivity index (χ0) is 18.5. The Hall–Kier alpha value is -2.70. The number of nitrogens with one attached hydrogen (secondary N) is 1. The Kier molecular flexibility index (Phi) is 5.65. The molecule has 0 radical (unpaired) electrons. The second-order valence-corrected chi connectivity index (χ2v) is 6.41. The van der Waals surface area contributed by atoms with Crippen molar-refractivity contribution in [3.63, 3.8) is 0 Å². The molecule has 7 heteroatoms. The molecule has 1 aromatic heterocycles. The maximum Gasteiger partial charge on any atom is 0.249 e. The molecule has 2 heterocycles. The minimum absolute atomic E-state index is 0.121. The van der Waals surface area contributed by atoms with E-state index in [1.54, 1.807) is 13.1 Å². The van der Waals surface area contributed by atoms with E-state index in [-0.39, 0.29) is 5.91 Å². The molecule has 1 saturated heterocycles. The van der Waals surface area contributed by atoms with Crippen LogP contribution in [0.3, 0.4) is 0 Å². The first-order valence-electron chi connectivity index (χ1n) is 9.20. The van der Waals surface area contributed by atoms with Crippen LogP contribution in [-0.2, 0) is 17.6 Å². The monoisotopic (exact) mass is 354 g/mol. The van der Waals surface area contributed by atoms with Crippen LogP contribution < -0.4 is 10.2 Å². The number of rotatable bonds is 5. The Labute approximate surface area is 154 Å². The lowest BCUT2D eigenvalue weighted by Gasteiger charge is -2.34. The van der Waals surface area contributed by atoms with Gasteiger partial charge in [-0.25, -0.2) is 0 Å². The van der Waals surface area contributed by atoms with Crippen molar-refractivity contribution in [1.29, 1.82) is 0 Å². The van der Waals surface area contributed by atoms with Gasteiger partial charge in [-0.1, -0.05) is 32.0 Å². The van der Waals surface area contributed by atoms with E-state index in [2.05, 4.69) is 57.4 Å². The maximum absolute atomic E-state index is 11.5. The number of carbonyl (C=O) groups excluding carboxylic acids is 1. The summed E-state index contributed by atoms with van der Waals surface area (Å²) in [5.41, 5.74) is 3.57. The topological polar surface area (TPSA) is 74.2 Å². The highest BCUT2D eigenvalue weighted by Gasteiger charge is 2.20. The number of para-hydroxylation sites is 1. The normalized spacial score (nSPS) is 14.4. The van der Waals surface area contributed by atoms with Crippen LogP contribution in [0.2, 0.25) is 0 Å². The Balaban J connectivity index is 1.78. The summed E-state index contributed by atoms with van der Waals surface area (Å²) in [6.07, 6.45) is 3.56. The number of hydrogen-bond donors (Lipinski definition) is 1. The highest BCUT2D eigenvalue weighted by atomic mass is 16.2. The Morgan fingerprint density at radius 2 is 1.77 bits per heavy atom. The first-order chi connectivity index (χ1) is 12.6. The molecule has 1 amide bonds. The summed E-state index contributed by atoms with van der Waals surface area (Å²) in [6, 6.07) is 6.34. The summed E-state index contributed by atoms with van der Waals surface area (Å²) in [5, 5.41) is 11.7. The van der Waals surface area contributed by atoms with Crippen LogP contribution in [0.5, 0.6) is 0 Å². The van der Waals surface area contributed by atoms with Crippen molar-refractivity contribution in [2.75, 3.05) is 36.4 Å². The molecule has 0 atom stereocenters. The van der Waals surface area contributed by atoms with E-state index in [1.165, 1.54) is 11.1 Å². The van der Waals surface area contributed by atoms with Gasteiger partial charge in [-0.15, -0.1) is 5.10 Å². The average molecular weight is 354 g/mol. The third-order valence-electron chi connectivity index (χ3n) is 4.83. The Morgan fingerprint density at radius 1 is 1.12 bits per heavy atom. The molecule has 1 aliphatic rings. The fourth-order valence-electron chi connectivity index (χ4n) is 3.27. The largest absolute Gasteiger partial charge is 0.352 e. The van der Waals surface area contributed by atoms with Crippen molar-refractivity contribution >= 4 is 23.4 Å². The standard InChI is InChI=1S/C19H26N6O/c1-4-15-7-6-8-16(5-2)18(15)22-19-21-17(13-20-23-19)25-11-9-24(10-12-25)14(3)26/h6-8,13H,4-5,9-12H2,1-3H3,(H,21,22,23). The summed E-state index contributed by atoms with van der Waals surface area (Å²) in [7, 11) is 0. The van der Waals surface area contributed by atoms with Gasteiger partial charge in [0, 0.05) is 38.8 Å². The lowest BCUT2D eigenvalue weighted by Crippen LogP contribution is -2.48. The SMILES string of the molecule is CCc1cccc(CC)c1Nc1nncc(N2CCN(C(C)=O)CC2)n1. The Bertz CT molecular complexity index is 748. The second-order valence-electron chi connectivity index (χ2n) is 6.41. The van der Waals surface area contributed by atoms with E-state index < -0.39 is 0 Å². The molecule has 1 aliphatic heterocycles. The molecule has 2 aromatic rings. The fourth-order valence-corrected chi connectivity index (χ4v) is 3.27. The van der Waals surface area contributed by atoms with Gasteiger partial charge in [-0.05, 0) is 24.0 Å². The number of nitrogens with zero attached hydrogens (tertiary/aromatic N) is 5. The summed E-state index contributed by atoms with van der Waals surface area (Å²) in [5.74, 6) is 1.42. The van der Waals surface area contributed by atoms with E-state index in [9.17, 15) is 4.79 Å². The van der Waals surface area contributed by atoms with Gasteiger partial charge in [0.05, 0.1) is 6.20 Å². The smallest absolute Gasteiger partial charge is 0.249 e. The van der Waals surface area contributed by atoms with Gasteiger partial charge in [0.25, 0.3) is 0 Å². The molecular formula is C19H26N6O. The molecule has 0 unspecified atom stereocenters. The van der Waals surface area contributed by atoms with Crippen molar-refractivity contribution in [3.8, 4) is 0 Å². The average Bonchev–Trinajstić information content (AvgIpc) is 2.68. The lowest BCUT2D eigenvalue weighted by molar-refractivity contribution is -0.129. The van der Waals surface area contributed by atoms with Crippen LogP contribution in [0.1, 0.15) is 31.9 Å². The minimum atomic E-state index is 0.121. The van der Waals surface area contributed by atoms with Gasteiger partial charge < -0.3 is 15.1 Å². The molecule has 0 saturated carbocycles. The maximum atomic E-state index is 11.5. The number of piperazine rings is 1. The minimum Gasteiger partial charge on any atom is -0.352 e. The predicted molar refractivity (Wildman–Crippen MR) is 103 cm³/mol. The highest BCUT2D eigenvalue weighted by molar-refractivity contribution is 5.73. The zero-order valence-corrected chi connectivity index (χ0v) is 15.7. The van der Waals surface area contributed by atoms with Crippen molar-refractivity contribution in [1.82, 2.24) is 20.1 Å². The van der Waals surface area contributed by atoms with E-state index in [0.717, 1.165) is 37.4 Å². The fraction of sp³-hybridized carbons (Fsp3) is 0.474. The number of benzene rings is 1. The predicted octanol–water partition coefficient (Wildman–Crippen LogP) is 2.41. The lowest BCUT2D eigenvalue weighted by atomic mass is 10.0. The molecule has 7 nitrogen and oxygen atoms in total. The first kappa shape index (κ1) is 18.1. The molecule has 0 bridgehead atoms. The number of aryl methyl sites for hydroxylation is 2. The summed E-state index contributed by atoms with van der Waals surface area (Å²) in [6.45, 7) is 8.82. The van der Waals surface area contributed by atoms with E-state index in [1.807, 2.05) is 4.90 Å². The molecule has 0 aliphatic carbocycles.